The minimum atomic E-state index is 0.562. The zero-order chi connectivity index (χ0) is 16.2. The average molecular weight is 312 g/mol. The van der Waals surface area contributed by atoms with Gasteiger partial charge in [-0.15, -0.1) is 0 Å². The first-order valence-corrected chi connectivity index (χ1v) is 8.13. The standard InChI is InChI=1S/C17H24N6/c1-13-4-3-8-22(12-13)17(18)21-11-15-5-6-16(20-10-15)23-9-7-19-14(23)2/h5-7,9-10,13H,3-4,8,11-12H2,1-2H3,(H2,18,21). The SMILES string of the molecule is Cc1nccn1-c1ccc(CN=C(N)N2CCCC(C)C2)cn1. The molecule has 0 aromatic carbocycles. The molecule has 1 atom stereocenters. The topological polar surface area (TPSA) is 72.3 Å². The van der Waals surface area contributed by atoms with Crippen molar-refractivity contribution in [2.24, 2.45) is 16.6 Å². The predicted molar refractivity (Wildman–Crippen MR) is 91.4 cm³/mol. The highest BCUT2D eigenvalue weighted by molar-refractivity contribution is 5.78. The van der Waals surface area contributed by atoms with E-state index in [1.54, 1.807) is 6.20 Å². The largest absolute Gasteiger partial charge is 0.370 e. The molecule has 122 valence electrons. The van der Waals surface area contributed by atoms with Crippen molar-refractivity contribution >= 4 is 5.96 Å². The molecule has 2 aromatic heterocycles. The van der Waals surface area contributed by atoms with Crippen molar-refractivity contribution in [3.05, 3.63) is 42.1 Å². The van der Waals surface area contributed by atoms with Crippen LogP contribution in [0.4, 0.5) is 0 Å². The van der Waals surface area contributed by atoms with Crippen molar-refractivity contribution in [1.29, 1.82) is 0 Å². The molecule has 23 heavy (non-hydrogen) atoms. The molecule has 0 amide bonds. The molecular weight excluding hydrogens is 288 g/mol. The number of hydrogen-bond donors (Lipinski definition) is 1. The first-order valence-electron chi connectivity index (χ1n) is 8.13. The molecule has 0 radical (unpaired) electrons. The molecule has 2 aromatic rings. The summed E-state index contributed by atoms with van der Waals surface area (Å²) in [5.74, 6) is 3.13. The summed E-state index contributed by atoms with van der Waals surface area (Å²) in [7, 11) is 0. The number of likely N-dealkylation sites (tertiary alicyclic amines) is 1. The van der Waals surface area contributed by atoms with Gasteiger partial charge in [-0.2, -0.15) is 0 Å². The van der Waals surface area contributed by atoms with E-state index >= 15 is 0 Å². The second-order valence-electron chi connectivity index (χ2n) is 6.24. The Labute approximate surface area is 137 Å². The molecule has 1 unspecified atom stereocenters. The number of piperidine rings is 1. The minimum Gasteiger partial charge on any atom is -0.370 e. The third kappa shape index (κ3) is 3.70. The molecule has 0 bridgehead atoms. The molecule has 0 spiro atoms. The fourth-order valence-electron chi connectivity index (χ4n) is 2.94. The van der Waals surface area contributed by atoms with Gasteiger partial charge in [0.2, 0.25) is 0 Å². The van der Waals surface area contributed by atoms with Gasteiger partial charge in [-0.25, -0.2) is 15.0 Å². The van der Waals surface area contributed by atoms with Crippen molar-refractivity contribution in [3.63, 3.8) is 0 Å². The van der Waals surface area contributed by atoms with E-state index in [9.17, 15) is 0 Å². The van der Waals surface area contributed by atoms with Crippen LogP contribution in [-0.4, -0.2) is 38.5 Å². The number of aryl methyl sites for hydroxylation is 1. The number of nitrogens with zero attached hydrogens (tertiary/aromatic N) is 5. The quantitative estimate of drug-likeness (QED) is 0.696. The van der Waals surface area contributed by atoms with Gasteiger partial charge in [0.25, 0.3) is 0 Å². The normalized spacial score (nSPS) is 19.1. The molecule has 1 saturated heterocycles. The van der Waals surface area contributed by atoms with Gasteiger partial charge >= 0.3 is 0 Å². The van der Waals surface area contributed by atoms with Crippen LogP contribution >= 0.6 is 0 Å². The highest BCUT2D eigenvalue weighted by Gasteiger charge is 2.17. The van der Waals surface area contributed by atoms with E-state index < -0.39 is 0 Å². The summed E-state index contributed by atoms with van der Waals surface area (Å²) in [4.78, 5) is 15.4. The van der Waals surface area contributed by atoms with Gasteiger partial charge in [0.1, 0.15) is 11.6 Å². The molecule has 1 aliphatic heterocycles. The van der Waals surface area contributed by atoms with E-state index in [2.05, 4.69) is 26.8 Å². The Bertz CT molecular complexity index is 673. The first kappa shape index (κ1) is 15.5. The van der Waals surface area contributed by atoms with Crippen molar-refractivity contribution in [3.8, 4) is 5.82 Å². The average Bonchev–Trinajstić information content (AvgIpc) is 2.99. The van der Waals surface area contributed by atoms with Gasteiger partial charge in [0.05, 0.1) is 6.54 Å². The van der Waals surface area contributed by atoms with E-state index in [4.69, 9.17) is 5.73 Å². The Kier molecular flexibility index (Phi) is 4.60. The zero-order valence-electron chi connectivity index (χ0n) is 13.8. The number of guanidine groups is 1. The van der Waals surface area contributed by atoms with E-state index in [0.717, 1.165) is 30.3 Å². The third-order valence-electron chi connectivity index (χ3n) is 4.29. The van der Waals surface area contributed by atoms with Gasteiger partial charge in [0, 0.05) is 31.7 Å². The molecular formula is C17H24N6. The molecule has 3 heterocycles. The Balaban J connectivity index is 1.64. The number of hydrogen-bond acceptors (Lipinski definition) is 3. The number of pyridine rings is 1. The summed E-state index contributed by atoms with van der Waals surface area (Å²) >= 11 is 0. The maximum absolute atomic E-state index is 6.13. The number of aliphatic imine (C=N–C) groups is 1. The van der Waals surface area contributed by atoms with Gasteiger partial charge in [-0.3, -0.25) is 4.57 Å². The maximum Gasteiger partial charge on any atom is 0.191 e. The Morgan fingerprint density at radius 1 is 1.39 bits per heavy atom. The highest BCUT2D eigenvalue weighted by Crippen LogP contribution is 2.15. The lowest BCUT2D eigenvalue weighted by Gasteiger charge is -2.31. The molecule has 2 N–H and O–H groups in total. The predicted octanol–water partition coefficient (Wildman–Crippen LogP) is 2.12. The van der Waals surface area contributed by atoms with Crippen LogP contribution in [0.5, 0.6) is 0 Å². The third-order valence-corrected chi connectivity index (χ3v) is 4.29. The van der Waals surface area contributed by atoms with E-state index in [1.807, 2.05) is 36.0 Å². The highest BCUT2D eigenvalue weighted by atomic mass is 15.3. The fourth-order valence-corrected chi connectivity index (χ4v) is 2.94. The molecule has 1 fully saturated rings. The summed E-state index contributed by atoms with van der Waals surface area (Å²) in [6.45, 7) is 6.80. The number of nitrogens with two attached hydrogens (primary N) is 1. The zero-order valence-corrected chi connectivity index (χ0v) is 13.8. The first-order chi connectivity index (χ1) is 11.1. The summed E-state index contributed by atoms with van der Waals surface area (Å²) in [5, 5.41) is 0. The number of imidazole rings is 1. The molecule has 0 saturated carbocycles. The second-order valence-corrected chi connectivity index (χ2v) is 6.24. The van der Waals surface area contributed by atoms with Crippen LogP contribution in [0.1, 0.15) is 31.2 Å². The van der Waals surface area contributed by atoms with Crippen LogP contribution in [-0.2, 0) is 6.54 Å². The van der Waals surface area contributed by atoms with Crippen LogP contribution in [0.15, 0.2) is 35.7 Å². The van der Waals surface area contributed by atoms with Crippen LogP contribution in [0.2, 0.25) is 0 Å². The Morgan fingerprint density at radius 2 is 2.26 bits per heavy atom. The van der Waals surface area contributed by atoms with E-state index in [0.29, 0.717) is 18.4 Å². The lowest BCUT2D eigenvalue weighted by atomic mass is 10.0. The van der Waals surface area contributed by atoms with Crippen LogP contribution in [0, 0.1) is 12.8 Å². The van der Waals surface area contributed by atoms with Crippen LogP contribution in [0.3, 0.4) is 0 Å². The number of rotatable bonds is 3. The van der Waals surface area contributed by atoms with Crippen LogP contribution < -0.4 is 5.73 Å². The Hall–Kier alpha value is -2.37. The van der Waals surface area contributed by atoms with Crippen molar-refractivity contribution in [2.45, 2.75) is 33.2 Å². The lowest BCUT2D eigenvalue weighted by molar-refractivity contribution is 0.270. The van der Waals surface area contributed by atoms with E-state index in [-0.39, 0.29) is 0 Å². The summed E-state index contributed by atoms with van der Waals surface area (Å²) in [6.07, 6.45) is 8.01. The summed E-state index contributed by atoms with van der Waals surface area (Å²) in [5.41, 5.74) is 7.18. The monoisotopic (exact) mass is 312 g/mol. The smallest absolute Gasteiger partial charge is 0.191 e. The molecule has 1 aliphatic rings. The molecule has 6 nitrogen and oxygen atoms in total. The molecule has 6 heteroatoms. The lowest BCUT2D eigenvalue weighted by Crippen LogP contribution is -2.43. The maximum atomic E-state index is 6.13. The fraction of sp³-hybridized carbons (Fsp3) is 0.471. The summed E-state index contributed by atoms with van der Waals surface area (Å²) < 4.78 is 1.95. The summed E-state index contributed by atoms with van der Waals surface area (Å²) in [6, 6.07) is 4.02. The van der Waals surface area contributed by atoms with Crippen molar-refractivity contribution in [2.75, 3.05) is 13.1 Å². The van der Waals surface area contributed by atoms with Crippen LogP contribution in [0.25, 0.3) is 5.82 Å². The van der Waals surface area contributed by atoms with Gasteiger partial charge in [-0.05, 0) is 37.3 Å². The van der Waals surface area contributed by atoms with Gasteiger partial charge in [-0.1, -0.05) is 13.0 Å². The second kappa shape index (κ2) is 6.81. The van der Waals surface area contributed by atoms with Gasteiger partial charge in [0.15, 0.2) is 5.96 Å². The van der Waals surface area contributed by atoms with Crippen molar-refractivity contribution < 1.29 is 0 Å². The molecule has 0 aliphatic carbocycles. The minimum absolute atomic E-state index is 0.562. The van der Waals surface area contributed by atoms with Gasteiger partial charge < -0.3 is 10.6 Å². The molecule has 3 rings (SSSR count). The van der Waals surface area contributed by atoms with Crippen molar-refractivity contribution in [1.82, 2.24) is 19.4 Å². The number of aromatic nitrogens is 3. The van der Waals surface area contributed by atoms with E-state index in [1.165, 1.54) is 12.8 Å². The Morgan fingerprint density at radius 3 is 2.91 bits per heavy atom.